The van der Waals surface area contributed by atoms with E-state index in [1.807, 2.05) is 6.92 Å². The van der Waals surface area contributed by atoms with E-state index in [0.717, 1.165) is 5.69 Å². The highest BCUT2D eigenvalue weighted by molar-refractivity contribution is 7.90. The van der Waals surface area contributed by atoms with Crippen LogP contribution in [-0.4, -0.2) is 57.3 Å². The molecule has 2 bridgehead atoms. The molecule has 31 heavy (non-hydrogen) atoms. The first-order valence-electron chi connectivity index (χ1n) is 10.6. The van der Waals surface area contributed by atoms with Gasteiger partial charge in [0.15, 0.2) is 5.75 Å². The van der Waals surface area contributed by atoms with Crippen molar-refractivity contribution in [3.8, 4) is 17.5 Å². The number of nitrogens with zero attached hydrogens (tertiary/aromatic N) is 4. The maximum absolute atomic E-state index is 14.7. The van der Waals surface area contributed by atoms with Gasteiger partial charge in [-0.05, 0) is 45.2 Å². The van der Waals surface area contributed by atoms with Crippen LogP contribution >= 0.6 is 0 Å². The highest BCUT2D eigenvalue weighted by Crippen LogP contribution is 2.45. The number of halogens is 1. The quantitative estimate of drug-likeness (QED) is 0.670. The highest BCUT2D eigenvalue weighted by Gasteiger charge is 2.56. The zero-order valence-corrected chi connectivity index (χ0v) is 18.3. The predicted molar refractivity (Wildman–Crippen MR) is 110 cm³/mol. The lowest BCUT2D eigenvalue weighted by Crippen LogP contribution is -2.51. The first-order valence-corrected chi connectivity index (χ1v) is 12.1. The van der Waals surface area contributed by atoms with Crippen LogP contribution in [0, 0.1) is 13.8 Å². The van der Waals surface area contributed by atoms with Gasteiger partial charge >= 0.3 is 0 Å². The second-order valence-corrected chi connectivity index (χ2v) is 10.7. The molecule has 8 nitrogen and oxygen atoms in total. The minimum absolute atomic E-state index is 0.230. The van der Waals surface area contributed by atoms with Crippen LogP contribution in [0.15, 0.2) is 24.7 Å². The molecule has 10 heteroatoms. The van der Waals surface area contributed by atoms with E-state index in [1.54, 1.807) is 25.3 Å². The third-order valence-corrected chi connectivity index (χ3v) is 8.79. The van der Waals surface area contributed by atoms with E-state index in [2.05, 4.69) is 15.0 Å². The average Bonchev–Trinajstić information content (AvgIpc) is 3.55. The Morgan fingerprint density at radius 3 is 2.58 bits per heavy atom. The minimum atomic E-state index is -3.42. The number of aryl methyl sites for hydroxylation is 1. The molecule has 3 aliphatic rings. The molecule has 166 valence electrons. The fourth-order valence-corrected chi connectivity index (χ4v) is 6.84. The van der Waals surface area contributed by atoms with Crippen molar-refractivity contribution in [2.75, 3.05) is 0 Å². The maximum atomic E-state index is 14.7. The Balaban J connectivity index is 1.33. The largest absolute Gasteiger partial charge is 0.474 e. The van der Waals surface area contributed by atoms with E-state index < -0.39 is 22.2 Å². The number of hydrogen-bond acceptors (Lipinski definition) is 7. The van der Waals surface area contributed by atoms with Gasteiger partial charge in [-0.3, -0.25) is 4.98 Å². The van der Waals surface area contributed by atoms with Crippen LogP contribution in [0.1, 0.15) is 43.4 Å². The van der Waals surface area contributed by atoms with Crippen LogP contribution in [0.4, 0.5) is 4.39 Å². The lowest BCUT2D eigenvalue weighted by molar-refractivity contribution is 0.0808. The fourth-order valence-electron chi connectivity index (χ4n) is 4.58. The predicted octanol–water partition coefficient (Wildman–Crippen LogP) is 3.10. The van der Waals surface area contributed by atoms with Crippen LogP contribution in [0.25, 0.3) is 0 Å². The second-order valence-electron chi connectivity index (χ2n) is 8.56. The molecule has 0 amide bonds. The van der Waals surface area contributed by atoms with E-state index in [9.17, 15) is 12.8 Å². The summed E-state index contributed by atoms with van der Waals surface area (Å²) in [5.74, 6) is 1.32. The molecule has 0 N–H and O–H groups in total. The van der Waals surface area contributed by atoms with Crippen LogP contribution in [-0.2, 0) is 10.0 Å². The van der Waals surface area contributed by atoms with Crippen LogP contribution in [0.2, 0.25) is 0 Å². The number of ether oxygens (including phenoxy) is 2. The van der Waals surface area contributed by atoms with Crippen LogP contribution < -0.4 is 9.47 Å². The van der Waals surface area contributed by atoms with Gasteiger partial charge < -0.3 is 9.47 Å². The number of rotatable bonds is 6. The number of hydrogen-bond donors (Lipinski definition) is 0. The summed E-state index contributed by atoms with van der Waals surface area (Å²) in [6, 6.07) is 2.56. The Labute approximate surface area is 180 Å². The summed E-state index contributed by atoms with van der Waals surface area (Å²) in [6.45, 7) is 3.64. The number of fused-ring (bicyclic) bond motifs is 2. The van der Waals surface area contributed by atoms with Gasteiger partial charge in [-0.2, -0.15) is 4.31 Å². The van der Waals surface area contributed by atoms with Gasteiger partial charge in [0.05, 0.1) is 22.5 Å². The van der Waals surface area contributed by atoms with Gasteiger partial charge in [0.25, 0.3) is 0 Å². The average molecular weight is 449 g/mol. The molecule has 4 heterocycles. The SMILES string of the molecule is Cc1ncccc1Oc1ncnc(O[C@H]2CC3CC(F)C(C2)N3S(=O)(=O)C2CC2)c1C. The van der Waals surface area contributed by atoms with Gasteiger partial charge in [-0.1, -0.05) is 0 Å². The summed E-state index contributed by atoms with van der Waals surface area (Å²) >= 11 is 0. The number of pyridine rings is 1. The van der Waals surface area contributed by atoms with Crippen molar-refractivity contribution in [1.82, 2.24) is 19.3 Å². The molecule has 0 spiro atoms. The standard InChI is InChI=1S/C21H25FN4O4S/c1-12-20(24-11-25-21(12)30-19-4-3-7-23-13(19)2)29-15-8-14-9-17(22)18(10-15)26(14)31(27,28)16-5-6-16/h3-4,7,11,14-18H,5-6,8-10H2,1-2H3/t14?,15-,17?,18?/m0/s1. The molecule has 1 saturated carbocycles. The normalized spacial score (nSPS) is 28.5. The Morgan fingerprint density at radius 2 is 1.87 bits per heavy atom. The summed E-state index contributed by atoms with van der Waals surface area (Å²) in [7, 11) is -3.42. The second kappa shape index (κ2) is 7.67. The van der Waals surface area contributed by atoms with Crippen LogP contribution in [0.3, 0.4) is 0 Å². The van der Waals surface area contributed by atoms with Gasteiger partial charge in [-0.15, -0.1) is 0 Å². The molecule has 2 aromatic rings. The smallest absolute Gasteiger partial charge is 0.229 e. The lowest BCUT2D eigenvalue weighted by atomic mass is 10.0. The first kappa shape index (κ1) is 20.6. The van der Waals surface area contributed by atoms with Gasteiger partial charge in [0, 0.05) is 25.1 Å². The molecular weight excluding hydrogens is 423 g/mol. The van der Waals surface area contributed by atoms with Crippen molar-refractivity contribution in [3.63, 3.8) is 0 Å². The summed E-state index contributed by atoms with van der Waals surface area (Å²) in [6.07, 6.45) is 3.91. The summed E-state index contributed by atoms with van der Waals surface area (Å²) in [5.41, 5.74) is 1.36. The molecule has 2 aliphatic heterocycles. The zero-order chi connectivity index (χ0) is 21.8. The Bertz CT molecular complexity index is 1090. The van der Waals surface area contributed by atoms with Crippen molar-refractivity contribution < 1.29 is 22.3 Å². The highest BCUT2D eigenvalue weighted by atomic mass is 32.2. The monoisotopic (exact) mass is 448 g/mol. The van der Waals surface area contributed by atoms with Crippen LogP contribution in [0.5, 0.6) is 17.5 Å². The molecule has 4 atom stereocenters. The van der Waals surface area contributed by atoms with E-state index in [-0.39, 0.29) is 23.8 Å². The van der Waals surface area contributed by atoms with Crippen molar-refractivity contribution >= 4 is 10.0 Å². The van der Waals surface area contributed by atoms with E-state index in [4.69, 9.17) is 9.47 Å². The Hall–Kier alpha value is -2.33. The number of sulfonamides is 1. The topological polar surface area (TPSA) is 94.5 Å². The first-order chi connectivity index (χ1) is 14.8. The minimum Gasteiger partial charge on any atom is -0.474 e. The Morgan fingerprint density at radius 1 is 1.10 bits per heavy atom. The summed E-state index contributed by atoms with van der Waals surface area (Å²) in [5, 5.41) is -0.333. The number of piperidine rings is 1. The van der Waals surface area contributed by atoms with Gasteiger partial charge in [-0.25, -0.2) is 22.8 Å². The van der Waals surface area contributed by atoms with Crippen molar-refractivity contribution in [2.45, 2.75) is 75.6 Å². The van der Waals surface area contributed by atoms with Gasteiger partial charge in [0.1, 0.15) is 18.6 Å². The Kier molecular flexibility index (Phi) is 5.09. The van der Waals surface area contributed by atoms with E-state index in [0.29, 0.717) is 48.8 Å². The molecule has 1 aliphatic carbocycles. The molecule has 5 rings (SSSR count). The molecule has 2 saturated heterocycles. The summed E-state index contributed by atoms with van der Waals surface area (Å²) in [4.78, 5) is 12.6. The molecule has 0 radical (unpaired) electrons. The van der Waals surface area contributed by atoms with Crippen molar-refractivity contribution in [1.29, 1.82) is 0 Å². The zero-order valence-electron chi connectivity index (χ0n) is 17.4. The molecular formula is C21H25FN4O4S. The van der Waals surface area contributed by atoms with Crippen molar-refractivity contribution in [3.05, 3.63) is 35.9 Å². The van der Waals surface area contributed by atoms with E-state index >= 15 is 0 Å². The third-order valence-electron chi connectivity index (χ3n) is 6.32. The maximum Gasteiger partial charge on any atom is 0.229 e. The fraction of sp³-hybridized carbons (Fsp3) is 0.571. The number of aromatic nitrogens is 3. The molecule has 3 unspecified atom stereocenters. The molecule has 0 aromatic carbocycles. The lowest BCUT2D eigenvalue weighted by Gasteiger charge is -2.37. The molecule has 2 aromatic heterocycles. The molecule has 3 fully saturated rings. The van der Waals surface area contributed by atoms with Gasteiger partial charge in [0.2, 0.25) is 21.8 Å². The number of alkyl halides is 1. The van der Waals surface area contributed by atoms with E-state index in [1.165, 1.54) is 10.6 Å². The third kappa shape index (κ3) is 3.76. The summed E-state index contributed by atoms with van der Waals surface area (Å²) < 4.78 is 53.7. The van der Waals surface area contributed by atoms with Crippen molar-refractivity contribution in [2.24, 2.45) is 0 Å².